The van der Waals surface area contributed by atoms with Gasteiger partial charge < -0.3 is 14.5 Å². The summed E-state index contributed by atoms with van der Waals surface area (Å²) < 4.78 is 36.1. The molecule has 9 heteroatoms. The molecule has 0 saturated heterocycles. The number of amides is 1. The smallest absolute Gasteiger partial charge is 0.342 e. The van der Waals surface area contributed by atoms with Crippen molar-refractivity contribution in [1.82, 2.24) is 4.31 Å². The number of carbonyl (C=O) groups excluding carboxylic acids is 2. The molecule has 0 radical (unpaired) electrons. The second-order valence-electron chi connectivity index (χ2n) is 6.57. The quantitative estimate of drug-likeness (QED) is 0.737. The summed E-state index contributed by atoms with van der Waals surface area (Å²) in [5, 5.41) is 2.56. The maximum atomic E-state index is 12.4. The first-order chi connectivity index (χ1) is 12.9. The van der Waals surface area contributed by atoms with Gasteiger partial charge in [0.1, 0.15) is 17.1 Å². The molecular formula is C19H24N2O6S. The standard InChI is InChI=1S/C19H24N2O6S/c1-11-12(2)26-13(3)17(11)19(23)27-14(4)18(22)20-15-8-7-9-16(10-15)28(24,25)21(5)6/h7-10,14H,1-6H3,(H,20,22)/t14-/m0/s1. The summed E-state index contributed by atoms with van der Waals surface area (Å²) in [6.45, 7) is 6.57. The largest absolute Gasteiger partial charge is 0.465 e. The minimum absolute atomic E-state index is 0.0417. The molecule has 0 aliphatic carbocycles. The summed E-state index contributed by atoms with van der Waals surface area (Å²) in [6, 6.07) is 5.84. The lowest BCUT2D eigenvalue weighted by molar-refractivity contribution is -0.123. The van der Waals surface area contributed by atoms with Gasteiger partial charge in [0, 0.05) is 25.3 Å². The van der Waals surface area contributed by atoms with Gasteiger partial charge in [-0.3, -0.25) is 4.79 Å². The maximum Gasteiger partial charge on any atom is 0.342 e. The molecule has 1 N–H and O–H groups in total. The van der Waals surface area contributed by atoms with Gasteiger partial charge in [-0.25, -0.2) is 17.5 Å². The van der Waals surface area contributed by atoms with Crippen LogP contribution in [0.2, 0.25) is 0 Å². The lowest BCUT2D eigenvalue weighted by Crippen LogP contribution is -2.30. The van der Waals surface area contributed by atoms with Gasteiger partial charge in [-0.15, -0.1) is 0 Å². The molecule has 1 aromatic heterocycles. The van der Waals surface area contributed by atoms with E-state index in [0.29, 0.717) is 22.6 Å². The number of nitrogens with zero attached hydrogens (tertiary/aromatic N) is 1. The monoisotopic (exact) mass is 408 g/mol. The third-order valence-electron chi connectivity index (χ3n) is 4.30. The third-order valence-corrected chi connectivity index (χ3v) is 6.11. The molecule has 0 aliphatic heterocycles. The van der Waals surface area contributed by atoms with Crippen molar-refractivity contribution < 1.29 is 27.2 Å². The molecule has 1 amide bonds. The first-order valence-electron chi connectivity index (χ1n) is 8.56. The van der Waals surface area contributed by atoms with Crippen LogP contribution in [0, 0.1) is 20.8 Å². The normalized spacial score (nSPS) is 12.7. The van der Waals surface area contributed by atoms with E-state index in [0.717, 1.165) is 4.31 Å². The highest BCUT2D eigenvalue weighted by atomic mass is 32.2. The second-order valence-corrected chi connectivity index (χ2v) is 8.72. The number of benzene rings is 1. The molecule has 152 valence electrons. The number of aryl methyl sites for hydroxylation is 2. The van der Waals surface area contributed by atoms with Crippen molar-refractivity contribution >= 4 is 27.6 Å². The average molecular weight is 408 g/mol. The van der Waals surface area contributed by atoms with Gasteiger partial charge in [0.2, 0.25) is 10.0 Å². The van der Waals surface area contributed by atoms with E-state index < -0.39 is 28.0 Å². The molecule has 0 fully saturated rings. The van der Waals surface area contributed by atoms with E-state index in [-0.39, 0.29) is 10.6 Å². The SMILES string of the molecule is Cc1oc(C)c(C(=O)O[C@@H](C)C(=O)Nc2cccc(S(=O)(=O)N(C)C)c2)c1C. The predicted molar refractivity (Wildman–Crippen MR) is 104 cm³/mol. The Balaban J connectivity index is 2.12. The van der Waals surface area contributed by atoms with E-state index in [2.05, 4.69) is 5.32 Å². The third kappa shape index (κ3) is 4.42. The van der Waals surface area contributed by atoms with Crippen molar-refractivity contribution in [2.75, 3.05) is 19.4 Å². The Morgan fingerprint density at radius 2 is 1.79 bits per heavy atom. The molecule has 0 aliphatic rings. The van der Waals surface area contributed by atoms with E-state index in [1.807, 2.05) is 0 Å². The number of hydrogen-bond donors (Lipinski definition) is 1. The molecule has 1 heterocycles. The summed E-state index contributed by atoms with van der Waals surface area (Å²) in [4.78, 5) is 24.8. The lowest BCUT2D eigenvalue weighted by atomic mass is 10.1. The van der Waals surface area contributed by atoms with Gasteiger partial charge in [-0.1, -0.05) is 6.07 Å². The number of furan rings is 1. The molecule has 8 nitrogen and oxygen atoms in total. The average Bonchev–Trinajstić information content (AvgIpc) is 2.86. The molecule has 0 spiro atoms. The summed E-state index contributed by atoms with van der Waals surface area (Å²) >= 11 is 0. The Bertz CT molecular complexity index is 1010. The van der Waals surface area contributed by atoms with Gasteiger partial charge in [-0.05, 0) is 45.9 Å². The highest BCUT2D eigenvalue weighted by Crippen LogP contribution is 2.22. The van der Waals surface area contributed by atoms with Gasteiger partial charge in [0.05, 0.1) is 4.90 Å². The van der Waals surface area contributed by atoms with Gasteiger partial charge in [-0.2, -0.15) is 0 Å². The highest BCUT2D eigenvalue weighted by Gasteiger charge is 2.25. The number of anilines is 1. The topological polar surface area (TPSA) is 106 Å². The highest BCUT2D eigenvalue weighted by molar-refractivity contribution is 7.89. The Morgan fingerprint density at radius 3 is 2.32 bits per heavy atom. The number of hydrogen-bond acceptors (Lipinski definition) is 6. The van der Waals surface area contributed by atoms with E-state index in [1.165, 1.54) is 39.2 Å². The predicted octanol–water partition coefficient (Wildman–Crippen LogP) is 2.64. The molecule has 28 heavy (non-hydrogen) atoms. The van der Waals surface area contributed by atoms with Crippen molar-refractivity contribution in [3.8, 4) is 0 Å². The Morgan fingerprint density at radius 1 is 1.14 bits per heavy atom. The van der Waals surface area contributed by atoms with Crippen molar-refractivity contribution in [3.05, 3.63) is 46.9 Å². The van der Waals surface area contributed by atoms with Gasteiger partial charge in [0.15, 0.2) is 6.10 Å². The first-order valence-corrected chi connectivity index (χ1v) is 10.00. The zero-order chi connectivity index (χ0) is 21.2. The lowest BCUT2D eigenvalue weighted by Gasteiger charge is -2.15. The number of nitrogens with one attached hydrogen (secondary N) is 1. The molecule has 2 aromatic rings. The van der Waals surface area contributed by atoms with Crippen LogP contribution in [0.25, 0.3) is 0 Å². The van der Waals surface area contributed by atoms with Gasteiger partial charge >= 0.3 is 5.97 Å². The molecule has 0 unspecified atom stereocenters. The zero-order valence-corrected chi connectivity index (χ0v) is 17.5. The van der Waals surface area contributed by atoms with E-state index in [9.17, 15) is 18.0 Å². The fraction of sp³-hybridized carbons (Fsp3) is 0.368. The maximum absolute atomic E-state index is 12.4. The molecule has 1 aromatic carbocycles. The Labute approximate surface area is 164 Å². The number of rotatable bonds is 6. The Hall–Kier alpha value is -2.65. The molecule has 1 atom stereocenters. The molecule has 0 bridgehead atoms. The molecule has 0 saturated carbocycles. The van der Waals surface area contributed by atoms with E-state index in [1.54, 1.807) is 26.8 Å². The number of sulfonamides is 1. The number of carbonyl (C=O) groups is 2. The van der Waals surface area contributed by atoms with Crippen molar-refractivity contribution in [1.29, 1.82) is 0 Å². The minimum atomic E-state index is -3.63. The van der Waals surface area contributed by atoms with Crippen LogP contribution in [-0.4, -0.2) is 44.8 Å². The fourth-order valence-electron chi connectivity index (χ4n) is 2.56. The number of ether oxygens (including phenoxy) is 1. The van der Waals surface area contributed by atoms with E-state index >= 15 is 0 Å². The number of esters is 1. The van der Waals surface area contributed by atoms with Crippen LogP contribution in [-0.2, 0) is 19.6 Å². The van der Waals surface area contributed by atoms with Crippen LogP contribution in [0.5, 0.6) is 0 Å². The Kier molecular flexibility index (Phi) is 6.30. The van der Waals surface area contributed by atoms with Crippen LogP contribution in [0.1, 0.15) is 34.4 Å². The van der Waals surface area contributed by atoms with Crippen LogP contribution in [0.3, 0.4) is 0 Å². The summed E-state index contributed by atoms with van der Waals surface area (Å²) in [5.74, 6) is -0.198. The van der Waals surface area contributed by atoms with Crippen LogP contribution in [0.15, 0.2) is 33.6 Å². The van der Waals surface area contributed by atoms with Crippen LogP contribution >= 0.6 is 0 Å². The summed E-state index contributed by atoms with van der Waals surface area (Å²) in [5.41, 5.74) is 1.25. The first kappa shape index (κ1) is 21.6. The van der Waals surface area contributed by atoms with Gasteiger partial charge in [0.25, 0.3) is 5.91 Å². The van der Waals surface area contributed by atoms with Crippen molar-refractivity contribution in [2.45, 2.75) is 38.7 Å². The summed E-state index contributed by atoms with van der Waals surface area (Å²) in [6.07, 6.45) is -1.09. The summed E-state index contributed by atoms with van der Waals surface area (Å²) in [7, 11) is -0.791. The van der Waals surface area contributed by atoms with E-state index in [4.69, 9.17) is 9.15 Å². The van der Waals surface area contributed by atoms with Crippen molar-refractivity contribution in [2.24, 2.45) is 0 Å². The van der Waals surface area contributed by atoms with Crippen LogP contribution in [0.4, 0.5) is 5.69 Å². The van der Waals surface area contributed by atoms with Crippen LogP contribution < -0.4 is 5.32 Å². The zero-order valence-electron chi connectivity index (χ0n) is 16.7. The second kappa shape index (κ2) is 8.15. The fourth-order valence-corrected chi connectivity index (χ4v) is 3.50. The van der Waals surface area contributed by atoms with Crippen molar-refractivity contribution in [3.63, 3.8) is 0 Å². The molecular weight excluding hydrogens is 384 g/mol. The molecule has 2 rings (SSSR count). The minimum Gasteiger partial charge on any atom is -0.465 e.